The number of rotatable bonds is 6. The van der Waals surface area contributed by atoms with Gasteiger partial charge >= 0.3 is 0 Å². The van der Waals surface area contributed by atoms with E-state index in [2.05, 4.69) is 30.6 Å². The number of nitrogens with one attached hydrogen (secondary N) is 2. The number of imidazole rings is 1. The second-order valence-corrected chi connectivity index (χ2v) is 7.07. The van der Waals surface area contributed by atoms with Crippen LogP contribution in [0.5, 0.6) is 0 Å². The predicted molar refractivity (Wildman–Crippen MR) is 70.7 cm³/mol. The number of nitrogens with zero attached hydrogens (tertiary/aromatic N) is 1. The Morgan fingerprint density at radius 3 is 2.65 bits per heavy atom. The summed E-state index contributed by atoms with van der Waals surface area (Å²) in [5.41, 5.74) is 0. The van der Waals surface area contributed by atoms with Crippen LogP contribution in [0.1, 0.15) is 26.6 Å². The van der Waals surface area contributed by atoms with Gasteiger partial charge in [-0.05, 0) is 5.92 Å². The molecule has 0 saturated heterocycles. The molecule has 0 aromatic carbocycles. The van der Waals surface area contributed by atoms with Crippen molar-refractivity contribution < 1.29 is 8.42 Å². The minimum Gasteiger partial charge on any atom is -0.332 e. The van der Waals surface area contributed by atoms with Gasteiger partial charge in [-0.15, -0.1) is 0 Å². The minimum atomic E-state index is -3.48. The Hall–Kier alpha value is -0.400. The van der Waals surface area contributed by atoms with Crippen LogP contribution in [0, 0.1) is 5.92 Å². The van der Waals surface area contributed by atoms with Gasteiger partial charge in [-0.2, -0.15) is 0 Å². The van der Waals surface area contributed by atoms with Crippen LogP contribution in [0.25, 0.3) is 0 Å². The number of aryl methyl sites for hydroxylation is 1. The second-order valence-electron chi connectivity index (χ2n) is 4.16. The number of hydrogen-bond donors (Lipinski definition) is 2. The quantitative estimate of drug-likeness (QED) is 0.782. The molecular formula is C10H18BrN3O2S. The Morgan fingerprint density at radius 1 is 1.53 bits per heavy atom. The highest BCUT2D eigenvalue weighted by atomic mass is 79.9. The molecule has 1 rings (SSSR count). The maximum Gasteiger partial charge on any atom is 0.257 e. The zero-order valence-electron chi connectivity index (χ0n) is 10.2. The predicted octanol–water partition coefficient (Wildman–Crippen LogP) is 1.67. The Balaban J connectivity index is 2.69. The first-order valence-electron chi connectivity index (χ1n) is 5.54. The van der Waals surface area contributed by atoms with Gasteiger partial charge in [0.2, 0.25) is 0 Å². The molecule has 5 nitrogen and oxygen atoms in total. The van der Waals surface area contributed by atoms with Gasteiger partial charge < -0.3 is 4.98 Å². The Kier molecular flexibility index (Phi) is 5.15. The molecule has 1 atom stereocenters. The summed E-state index contributed by atoms with van der Waals surface area (Å²) in [6.07, 6.45) is 2.03. The summed E-state index contributed by atoms with van der Waals surface area (Å²) in [5, 5.41) is 0.123. The molecule has 0 aliphatic carbocycles. The normalized spacial score (nSPS) is 14.2. The summed E-state index contributed by atoms with van der Waals surface area (Å²) in [6.45, 7) is 6.33. The van der Waals surface area contributed by atoms with E-state index >= 15 is 0 Å². The van der Waals surface area contributed by atoms with Crippen LogP contribution in [0.4, 0.5) is 0 Å². The van der Waals surface area contributed by atoms with Crippen molar-refractivity contribution in [3.05, 3.63) is 12.0 Å². The van der Waals surface area contributed by atoms with Gasteiger partial charge in [0.1, 0.15) is 5.82 Å². The second kappa shape index (κ2) is 5.97. The highest BCUT2D eigenvalue weighted by Gasteiger charge is 2.19. The lowest BCUT2D eigenvalue weighted by molar-refractivity contribution is 0.560. The lowest BCUT2D eigenvalue weighted by Gasteiger charge is -2.13. The zero-order chi connectivity index (χ0) is 13.1. The number of hydrogen-bond acceptors (Lipinski definition) is 3. The van der Waals surface area contributed by atoms with Crippen molar-refractivity contribution >= 4 is 26.0 Å². The fraction of sp³-hybridized carbons (Fsp3) is 0.700. The largest absolute Gasteiger partial charge is 0.332 e. The van der Waals surface area contributed by atoms with Crippen LogP contribution in [0.2, 0.25) is 0 Å². The van der Waals surface area contributed by atoms with Gasteiger partial charge in [0.15, 0.2) is 5.03 Å². The molecule has 0 saturated carbocycles. The molecule has 0 radical (unpaired) electrons. The Labute approximate surface area is 111 Å². The molecule has 0 fully saturated rings. The molecule has 1 heterocycles. The first kappa shape index (κ1) is 14.7. The number of halogens is 1. The van der Waals surface area contributed by atoms with Crippen LogP contribution in [-0.4, -0.2) is 29.8 Å². The van der Waals surface area contributed by atoms with Gasteiger partial charge in [0, 0.05) is 17.8 Å². The molecule has 7 heteroatoms. The number of sulfonamides is 1. The Morgan fingerprint density at radius 2 is 2.18 bits per heavy atom. The van der Waals surface area contributed by atoms with Crippen molar-refractivity contribution in [1.29, 1.82) is 0 Å². The first-order chi connectivity index (χ1) is 7.86. The summed E-state index contributed by atoms with van der Waals surface area (Å²) in [4.78, 5) is 6.87. The van der Waals surface area contributed by atoms with Crippen LogP contribution >= 0.6 is 15.9 Å². The highest BCUT2D eigenvalue weighted by Crippen LogP contribution is 2.12. The van der Waals surface area contributed by atoms with Crippen molar-refractivity contribution in [2.45, 2.75) is 37.0 Å². The van der Waals surface area contributed by atoms with Crippen molar-refractivity contribution in [3.63, 3.8) is 0 Å². The topological polar surface area (TPSA) is 74.8 Å². The molecule has 0 spiro atoms. The van der Waals surface area contributed by atoms with E-state index in [0.29, 0.717) is 24.7 Å². The zero-order valence-corrected chi connectivity index (χ0v) is 12.6. The smallest absolute Gasteiger partial charge is 0.257 e. The lowest BCUT2D eigenvalue weighted by atomic mass is 10.1. The number of aromatic amines is 1. The van der Waals surface area contributed by atoms with Gasteiger partial charge in [0.05, 0.1) is 6.20 Å². The third kappa shape index (κ3) is 4.08. The summed E-state index contributed by atoms with van der Waals surface area (Å²) in [7, 11) is -3.48. The van der Waals surface area contributed by atoms with E-state index in [1.807, 2.05) is 20.8 Å². The minimum absolute atomic E-state index is 0.117. The molecule has 17 heavy (non-hydrogen) atoms. The monoisotopic (exact) mass is 323 g/mol. The maximum atomic E-state index is 11.9. The fourth-order valence-corrected chi connectivity index (χ4v) is 2.54. The highest BCUT2D eigenvalue weighted by molar-refractivity contribution is 9.09. The van der Waals surface area contributed by atoms with Crippen molar-refractivity contribution in [2.24, 2.45) is 5.92 Å². The average Bonchev–Trinajstić information content (AvgIpc) is 2.75. The first-order valence-corrected chi connectivity index (χ1v) is 7.94. The molecule has 1 aromatic rings. The molecule has 0 aliphatic heterocycles. The molecule has 1 aromatic heterocycles. The van der Waals surface area contributed by atoms with Gasteiger partial charge in [-0.25, -0.2) is 18.1 Å². The third-order valence-corrected chi connectivity index (χ3v) is 5.14. The third-order valence-electron chi connectivity index (χ3n) is 2.42. The van der Waals surface area contributed by atoms with E-state index in [-0.39, 0.29) is 9.85 Å². The molecule has 0 bridgehead atoms. The van der Waals surface area contributed by atoms with E-state index < -0.39 is 10.0 Å². The van der Waals surface area contributed by atoms with E-state index in [4.69, 9.17) is 0 Å². The van der Waals surface area contributed by atoms with E-state index in [9.17, 15) is 8.42 Å². The van der Waals surface area contributed by atoms with Crippen LogP contribution in [0.3, 0.4) is 0 Å². The molecule has 0 aliphatic rings. The van der Waals surface area contributed by atoms with Crippen LogP contribution in [0.15, 0.2) is 11.2 Å². The number of H-pyrrole nitrogens is 1. The van der Waals surface area contributed by atoms with Crippen molar-refractivity contribution in [3.8, 4) is 0 Å². The summed E-state index contributed by atoms with van der Waals surface area (Å²) in [5.74, 6) is 1.04. The van der Waals surface area contributed by atoms with E-state index in [1.54, 1.807) is 0 Å². The SMILES string of the molecule is CCc1ncc(S(=O)(=O)NCC(Br)C(C)C)[nH]1. The van der Waals surface area contributed by atoms with Crippen LogP contribution < -0.4 is 4.72 Å². The van der Waals surface area contributed by atoms with Gasteiger partial charge in [-0.3, -0.25) is 0 Å². The van der Waals surface area contributed by atoms with E-state index in [1.165, 1.54) is 6.20 Å². The van der Waals surface area contributed by atoms with Gasteiger partial charge in [-0.1, -0.05) is 36.7 Å². The number of aromatic nitrogens is 2. The fourth-order valence-electron chi connectivity index (χ4n) is 1.16. The van der Waals surface area contributed by atoms with Crippen molar-refractivity contribution in [1.82, 2.24) is 14.7 Å². The molecule has 2 N–H and O–H groups in total. The maximum absolute atomic E-state index is 11.9. The van der Waals surface area contributed by atoms with Crippen molar-refractivity contribution in [2.75, 3.05) is 6.54 Å². The molecule has 1 unspecified atom stereocenters. The molecule has 0 amide bonds. The summed E-state index contributed by atoms with van der Waals surface area (Å²) >= 11 is 3.43. The van der Waals surface area contributed by atoms with Gasteiger partial charge in [0.25, 0.3) is 10.0 Å². The summed E-state index contributed by atoms with van der Waals surface area (Å²) < 4.78 is 26.3. The number of alkyl halides is 1. The van der Waals surface area contributed by atoms with Crippen LogP contribution in [-0.2, 0) is 16.4 Å². The molecule has 98 valence electrons. The Bertz CT molecular complexity index is 456. The average molecular weight is 324 g/mol. The standard InChI is InChI=1S/C10H18BrN3O2S/c1-4-9-12-6-10(14-9)17(15,16)13-5-8(11)7(2)3/h6-8,13H,4-5H2,1-3H3,(H,12,14). The van der Waals surface area contributed by atoms with E-state index in [0.717, 1.165) is 0 Å². The summed E-state index contributed by atoms with van der Waals surface area (Å²) in [6, 6.07) is 0. The lowest BCUT2D eigenvalue weighted by Crippen LogP contribution is -2.32. The molecular weight excluding hydrogens is 306 g/mol.